The third-order valence-corrected chi connectivity index (χ3v) is 4.10. The Morgan fingerprint density at radius 2 is 1.63 bits per heavy atom. The van der Waals surface area contributed by atoms with Gasteiger partial charge in [0.15, 0.2) is 0 Å². The molecule has 0 unspecified atom stereocenters. The van der Waals surface area contributed by atoms with Crippen LogP contribution in [0.5, 0.6) is 5.75 Å². The Labute approximate surface area is 114 Å². The van der Waals surface area contributed by atoms with E-state index in [1.165, 1.54) is 11.3 Å². The van der Waals surface area contributed by atoms with Crippen LogP contribution < -0.4 is 0 Å². The first-order chi connectivity index (χ1) is 9.31. The molecule has 94 valence electrons. The molecule has 0 aliphatic heterocycles. The quantitative estimate of drug-likeness (QED) is 0.422. The van der Waals surface area contributed by atoms with Gasteiger partial charge in [-0.05, 0) is 12.1 Å². The molecule has 2 N–H and O–H groups in total. The van der Waals surface area contributed by atoms with Gasteiger partial charge in [0, 0.05) is 15.6 Å². The van der Waals surface area contributed by atoms with Crippen molar-refractivity contribution in [2.24, 2.45) is 5.16 Å². The molecule has 0 aliphatic carbocycles. The topological polar surface area (TPSA) is 52.8 Å². The number of hydrogen-bond acceptors (Lipinski definition) is 4. The predicted molar refractivity (Wildman–Crippen MR) is 77.4 cm³/mol. The molecule has 3 aromatic rings. The monoisotopic (exact) mass is 269 g/mol. The summed E-state index contributed by atoms with van der Waals surface area (Å²) in [7, 11) is 0. The second-order valence-corrected chi connectivity index (χ2v) is 5.14. The Morgan fingerprint density at radius 1 is 0.947 bits per heavy atom. The summed E-state index contributed by atoms with van der Waals surface area (Å²) in [6.07, 6.45) is 0. The maximum absolute atomic E-state index is 10.3. The first-order valence-electron chi connectivity index (χ1n) is 5.79. The van der Waals surface area contributed by atoms with E-state index in [2.05, 4.69) is 5.16 Å². The van der Waals surface area contributed by atoms with E-state index in [0.717, 1.165) is 15.6 Å². The number of nitrogens with zero attached hydrogens (tertiary/aromatic N) is 1. The number of hydrogen-bond donors (Lipinski definition) is 2. The zero-order chi connectivity index (χ0) is 13.2. The molecule has 4 heteroatoms. The summed E-state index contributed by atoms with van der Waals surface area (Å²) in [5.41, 5.74) is 1.16. The number of fused-ring (bicyclic) bond motifs is 1. The lowest BCUT2D eigenvalue weighted by Gasteiger charge is -2.02. The molecule has 0 amide bonds. The molecular weight excluding hydrogens is 258 g/mol. The highest BCUT2D eigenvalue weighted by Crippen LogP contribution is 2.38. The molecule has 0 fully saturated rings. The zero-order valence-electron chi connectivity index (χ0n) is 9.95. The molecule has 3 rings (SSSR count). The third kappa shape index (κ3) is 1.96. The summed E-state index contributed by atoms with van der Waals surface area (Å²) in [6, 6.07) is 16.9. The fourth-order valence-electron chi connectivity index (χ4n) is 2.02. The van der Waals surface area contributed by atoms with Gasteiger partial charge in [0.2, 0.25) is 0 Å². The van der Waals surface area contributed by atoms with Crippen molar-refractivity contribution in [3.05, 3.63) is 65.0 Å². The molecule has 1 aromatic heterocycles. The number of benzene rings is 2. The first-order valence-corrected chi connectivity index (χ1v) is 6.61. The average molecular weight is 269 g/mol. The van der Waals surface area contributed by atoms with Gasteiger partial charge >= 0.3 is 0 Å². The van der Waals surface area contributed by atoms with Crippen LogP contribution in [0.15, 0.2) is 59.8 Å². The van der Waals surface area contributed by atoms with Crippen molar-refractivity contribution in [1.82, 2.24) is 0 Å². The zero-order valence-corrected chi connectivity index (χ0v) is 10.8. The first kappa shape index (κ1) is 11.7. The molecule has 1 heterocycles. The minimum absolute atomic E-state index is 0.164. The van der Waals surface area contributed by atoms with Gasteiger partial charge < -0.3 is 10.3 Å². The van der Waals surface area contributed by atoms with Crippen molar-refractivity contribution in [2.45, 2.75) is 0 Å². The van der Waals surface area contributed by atoms with E-state index in [4.69, 9.17) is 0 Å². The van der Waals surface area contributed by atoms with Gasteiger partial charge in [-0.25, -0.2) is 0 Å². The minimum atomic E-state index is 0.164. The Balaban J connectivity index is 2.21. The molecule has 2 aromatic carbocycles. The Morgan fingerprint density at radius 3 is 2.32 bits per heavy atom. The van der Waals surface area contributed by atoms with E-state index in [9.17, 15) is 10.3 Å². The standard InChI is InChI=1S/C15H11NO2S/c17-14-11-8-4-5-9-12(11)19-15(14)13(16-18)10-6-2-1-3-7-10/h1-9,17-18H. The second kappa shape index (κ2) is 4.74. The van der Waals surface area contributed by atoms with Gasteiger partial charge in [-0.1, -0.05) is 47.6 Å². The maximum atomic E-state index is 10.3. The van der Waals surface area contributed by atoms with Crippen LogP contribution in [0.3, 0.4) is 0 Å². The van der Waals surface area contributed by atoms with Gasteiger partial charge in [-0.15, -0.1) is 11.3 Å². The van der Waals surface area contributed by atoms with Crippen molar-refractivity contribution in [2.75, 3.05) is 0 Å². The fraction of sp³-hybridized carbons (Fsp3) is 0. The van der Waals surface area contributed by atoms with Crippen molar-refractivity contribution >= 4 is 27.1 Å². The van der Waals surface area contributed by atoms with Crippen molar-refractivity contribution in [3.8, 4) is 5.75 Å². The summed E-state index contributed by atoms with van der Waals surface area (Å²) in [4.78, 5) is 0.579. The highest BCUT2D eigenvalue weighted by atomic mass is 32.1. The average Bonchev–Trinajstić information content (AvgIpc) is 2.79. The summed E-state index contributed by atoms with van der Waals surface area (Å²) >= 11 is 1.41. The van der Waals surface area contributed by atoms with Gasteiger partial charge in [-0.3, -0.25) is 0 Å². The summed E-state index contributed by atoms with van der Waals surface area (Å²) in [5, 5.41) is 23.7. The Hall–Kier alpha value is -2.33. The molecule has 19 heavy (non-hydrogen) atoms. The number of aromatic hydroxyl groups is 1. The van der Waals surface area contributed by atoms with Crippen LogP contribution in [-0.4, -0.2) is 16.0 Å². The van der Waals surface area contributed by atoms with Crippen LogP contribution in [0.4, 0.5) is 0 Å². The lowest BCUT2D eigenvalue weighted by molar-refractivity contribution is 0.319. The minimum Gasteiger partial charge on any atom is -0.506 e. The molecule has 0 saturated carbocycles. The lowest BCUT2D eigenvalue weighted by atomic mass is 10.1. The van der Waals surface area contributed by atoms with Crippen LogP contribution in [-0.2, 0) is 0 Å². The largest absolute Gasteiger partial charge is 0.506 e. The van der Waals surface area contributed by atoms with Gasteiger partial charge in [-0.2, -0.15) is 0 Å². The van der Waals surface area contributed by atoms with Crippen molar-refractivity contribution < 1.29 is 10.3 Å². The van der Waals surface area contributed by atoms with Gasteiger partial charge in [0.25, 0.3) is 0 Å². The number of oxime groups is 1. The smallest absolute Gasteiger partial charge is 0.143 e. The van der Waals surface area contributed by atoms with Crippen molar-refractivity contribution in [1.29, 1.82) is 0 Å². The van der Waals surface area contributed by atoms with E-state index in [0.29, 0.717) is 10.6 Å². The normalized spacial score (nSPS) is 11.9. The van der Waals surface area contributed by atoms with E-state index in [1.807, 2.05) is 54.6 Å². The van der Waals surface area contributed by atoms with Crippen molar-refractivity contribution in [3.63, 3.8) is 0 Å². The SMILES string of the molecule is ON=C(c1ccccc1)c1sc2ccccc2c1O. The van der Waals surface area contributed by atoms with Crippen LogP contribution in [0.2, 0.25) is 0 Å². The Bertz CT molecular complexity index is 747. The number of thiophene rings is 1. The van der Waals surface area contributed by atoms with Crippen LogP contribution in [0.25, 0.3) is 10.1 Å². The highest BCUT2D eigenvalue weighted by Gasteiger charge is 2.17. The number of rotatable bonds is 2. The third-order valence-electron chi connectivity index (χ3n) is 2.93. The second-order valence-electron chi connectivity index (χ2n) is 4.09. The molecule has 0 saturated heterocycles. The van der Waals surface area contributed by atoms with Gasteiger partial charge in [0.05, 0.1) is 4.88 Å². The van der Waals surface area contributed by atoms with Crippen LogP contribution in [0.1, 0.15) is 10.4 Å². The summed E-state index contributed by atoms with van der Waals surface area (Å²) in [6.45, 7) is 0. The molecule has 0 atom stereocenters. The maximum Gasteiger partial charge on any atom is 0.143 e. The molecular formula is C15H11NO2S. The lowest BCUT2D eigenvalue weighted by Crippen LogP contribution is -2.00. The fourth-order valence-corrected chi connectivity index (χ4v) is 3.13. The molecule has 3 nitrogen and oxygen atoms in total. The van der Waals surface area contributed by atoms with Crippen LogP contribution >= 0.6 is 11.3 Å². The van der Waals surface area contributed by atoms with E-state index in [1.54, 1.807) is 0 Å². The van der Waals surface area contributed by atoms with E-state index >= 15 is 0 Å². The summed E-state index contributed by atoms with van der Waals surface area (Å²) < 4.78 is 0.965. The molecule has 0 bridgehead atoms. The van der Waals surface area contributed by atoms with Crippen LogP contribution in [0, 0.1) is 0 Å². The molecule has 0 radical (unpaired) electrons. The molecule has 0 spiro atoms. The predicted octanol–water partition coefficient (Wildman–Crippen LogP) is 3.83. The van der Waals surface area contributed by atoms with Gasteiger partial charge in [0.1, 0.15) is 11.5 Å². The summed E-state index contributed by atoms with van der Waals surface area (Å²) in [5.74, 6) is 0.164. The van der Waals surface area contributed by atoms with E-state index < -0.39 is 0 Å². The highest BCUT2D eigenvalue weighted by molar-refractivity contribution is 7.21. The van der Waals surface area contributed by atoms with E-state index in [-0.39, 0.29) is 5.75 Å². The Kier molecular flexibility index (Phi) is 2.93. The molecule has 0 aliphatic rings.